The molecule has 0 aliphatic carbocycles. The first-order chi connectivity index (χ1) is 9.50. The summed E-state index contributed by atoms with van der Waals surface area (Å²) in [5.41, 5.74) is 0.697. The quantitative estimate of drug-likeness (QED) is 0.671. The summed E-state index contributed by atoms with van der Waals surface area (Å²) in [6.07, 6.45) is 0. The number of halogens is 1. The van der Waals surface area contributed by atoms with Crippen LogP contribution in [0.4, 0.5) is 0 Å². The van der Waals surface area contributed by atoms with Gasteiger partial charge in [-0.2, -0.15) is 0 Å². The largest absolute Gasteiger partial charge is 0.321 e. The molecular weight excluding hydrogens is 391 g/mol. The molecular formula is C13H9IN2O3S. The number of hydrogen-bond acceptors (Lipinski definition) is 3. The van der Waals surface area contributed by atoms with E-state index in [9.17, 15) is 13.2 Å². The standard InChI is InChI=1S/C13H9IN2O3S/c14-12-8-10-11(6-7-13(17)15-10)16(12)20(18,19)9-4-2-1-3-5-9/h1-8H,(H,15,17). The number of rotatable bonds is 2. The molecule has 2 aromatic heterocycles. The predicted molar refractivity (Wildman–Crippen MR) is 84.3 cm³/mol. The lowest BCUT2D eigenvalue weighted by Gasteiger charge is -2.08. The Morgan fingerprint density at radius 2 is 1.75 bits per heavy atom. The van der Waals surface area contributed by atoms with Gasteiger partial charge in [-0.25, -0.2) is 12.4 Å². The van der Waals surface area contributed by atoms with E-state index in [4.69, 9.17) is 0 Å². The molecule has 2 heterocycles. The van der Waals surface area contributed by atoms with Crippen molar-refractivity contribution in [3.63, 3.8) is 0 Å². The molecule has 3 rings (SSSR count). The molecule has 0 radical (unpaired) electrons. The SMILES string of the molecule is O=c1ccc2c(cc(I)n2S(=O)(=O)c2ccccc2)[nH]1. The molecule has 3 aromatic rings. The number of nitrogens with one attached hydrogen (secondary N) is 1. The third kappa shape index (κ3) is 2.06. The van der Waals surface area contributed by atoms with Gasteiger partial charge >= 0.3 is 0 Å². The molecule has 0 aliphatic heterocycles. The Morgan fingerprint density at radius 1 is 1.05 bits per heavy atom. The first-order valence-electron chi connectivity index (χ1n) is 5.71. The van der Waals surface area contributed by atoms with Crippen molar-refractivity contribution in [1.82, 2.24) is 8.96 Å². The van der Waals surface area contributed by atoms with Crippen LogP contribution in [0.25, 0.3) is 11.0 Å². The van der Waals surface area contributed by atoms with E-state index >= 15 is 0 Å². The number of aromatic amines is 1. The zero-order valence-corrected chi connectivity index (χ0v) is 13.1. The lowest BCUT2D eigenvalue weighted by Crippen LogP contribution is -2.14. The van der Waals surface area contributed by atoms with E-state index in [1.807, 2.05) is 22.6 Å². The molecule has 0 amide bonds. The van der Waals surface area contributed by atoms with Crippen LogP contribution in [0.1, 0.15) is 0 Å². The van der Waals surface area contributed by atoms with E-state index < -0.39 is 10.0 Å². The maximum atomic E-state index is 12.7. The Morgan fingerprint density at radius 3 is 2.45 bits per heavy atom. The number of aromatic nitrogens is 2. The first-order valence-corrected chi connectivity index (χ1v) is 8.23. The molecule has 0 saturated carbocycles. The highest BCUT2D eigenvalue weighted by atomic mass is 127. The zero-order valence-electron chi connectivity index (χ0n) is 10.1. The Labute approximate surface area is 128 Å². The monoisotopic (exact) mass is 400 g/mol. The topological polar surface area (TPSA) is 71.9 Å². The summed E-state index contributed by atoms with van der Waals surface area (Å²) in [6, 6.07) is 12.7. The molecule has 5 nitrogen and oxygen atoms in total. The molecule has 0 fully saturated rings. The van der Waals surface area contributed by atoms with Crippen LogP contribution in [0.5, 0.6) is 0 Å². The van der Waals surface area contributed by atoms with E-state index in [2.05, 4.69) is 4.98 Å². The Kier molecular flexibility index (Phi) is 3.17. The van der Waals surface area contributed by atoms with Crippen molar-refractivity contribution in [1.29, 1.82) is 0 Å². The minimum Gasteiger partial charge on any atom is -0.321 e. The van der Waals surface area contributed by atoms with Gasteiger partial charge < -0.3 is 4.98 Å². The average molecular weight is 400 g/mol. The highest BCUT2D eigenvalue weighted by Crippen LogP contribution is 2.24. The van der Waals surface area contributed by atoms with Crippen molar-refractivity contribution in [3.05, 3.63) is 62.6 Å². The van der Waals surface area contributed by atoms with Gasteiger partial charge in [0.25, 0.3) is 10.0 Å². The minimum atomic E-state index is -3.68. The second-order valence-corrected chi connectivity index (χ2v) is 7.06. The molecule has 7 heteroatoms. The van der Waals surface area contributed by atoms with E-state index in [1.165, 1.54) is 16.1 Å². The van der Waals surface area contributed by atoms with Crippen molar-refractivity contribution in [3.8, 4) is 0 Å². The normalized spacial score (nSPS) is 11.8. The van der Waals surface area contributed by atoms with Crippen molar-refractivity contribution in [2.45, 2.75) is 4.90 Å². The van der Waals surface area contributed by atoms with Crippen LogP contribution in [0, 0.1) is 3.70 Å². The molecule has 0 aliphatic rings. The summed E-state index contributed by atoms with van der Waals surface area (Å²) in [4.78, 5) is 14.1. The smallest absolute Gasteiger partial charge is 0.269 e. The molecule has 20 heavy (non-hydrogen) atoms. The third-order valence-electron chi connectivity index (χ3n) is 2.88. The Balaban J connectivity index is 2.35. The number of hydrogen-bond donors (Lipinski definition) is 1. The lowest BCUT2D eigenvalue weighted by atomic mass is 10.4. The third-order valence-corrected chi connectivity index (χ3v) is 5.75. The van der Waals surface area contributed by atoms with Crippen molar-refractivity contribution < 1.29 is 8.42 Å². The highest BCUT2D eigenvalue weighted by molar-refractivity contribution is 14.1. The average Bonchev–Trinajstić information content (AvgIpc) is 2.75. The fourth-order valence-corrected chi connectivity index (χ4v) is 4.77. The molecule has 102 valence electrons. The van der Waals surface area contributed by atoms with Gasteiger partial charge in [0.1, 0.15) is 0 Å². The number of fused-ring (bicyclic) bond motifs is 1. The van der Waals surface area contributed by atoms with Crippen molar-refractivity contribution >= 4 is 43.6 Å². The van der Waals surface area contributed by atoms with Gasteiger partial charge in [-0.3, -0.25) is 4.79 Å². The van der Waals surface area contributed by atoms with Crippen LogP contribution in [0.15, 0.2) is 58.2 Å². The maximum absolute atomic E-state index is 12.7. The molecule has 0 unspecified atom stereocenters. The number of benzene rings is 1. The maximum Gasteiger partial charge on any atom is 0.269 e. The van der Waals surface area contributed by atoms with Gasteiger partial charge in [0.2, 0.25) is 5.56 Å². The van der Waals surface area contributed by atoms with E-state index in [1.54, 1.807) is 36.4 Å². The fourth-order valence-electron chi connectivity index (χ4n) is 2.00. The summed E-state index contributed by atoms with van der Waals surface area (Å²) in [7, 11) is -3.68. The van der Waals surface area contributed by atoms with Crippen molar-refractivity contribution in [2.75, 3.05) is 0 Å². The second-order valence-electron chi connectivity index (χ2n) is 4.17. The van der Waals surface area contributed by atoms with Gasteiger partial charge in [0, 0.05) is 6.07 Å². The second kappa shape index (κ2) is 4.74. The van der Waals surface area contributed by atoms with Gasteiger partial charge in [-0.05, 0) is 46.9 Å². The first kappa shape index (κ1) is 13.4. The van der Waals surface area contributed by atoms with Gasteiger partial charge in [0.05, 0.1) is 19.6 Å². The van der Waals surface area contributed by atoms with Crippen LogP contribution >= 0.6 is 22.6 Å². The Hall–Kier alpha value is -1.61. The van der Waals surface area contributed by atoms with Crippen LogP contribution in [0.2, 0.25) is 0 Å². The Bertz CT molecular complexity index is 943. The van der Waals surface area contributed by atoms with E-state index in [0.29, 0.717) is 14.7 Å². The van der Waals surface area contributed by atoms with E-state index in [0.717, 1.165) is 0 Å². The fraction of sp³-hybridized carbons (Fsp3) is 0. The van der Waals surface area contributed by atoms with E-state index in [-0.39, 0.29) is 10.5 Å². The van der Waals surface area contributed by atoms with Gasteiger partial charge in [-0.15, -0.1) is 0 Å². The number of nitrogens with zero attached hydrogens (tertiary/aromatic N) is 1. The summed E-state index contributed by atoms with van der Waals surface area (Å²) >= 11 is 1.94. The number of H-pyrrole nitrogens is 1. The molecule has 0 bridgehead atoms. The predicted octanol–water partition coefficient (Wildman–Crippen LogP) is 2.17. The van der Waals surface area contributed by atoms with Crippen molar-refractivity contribution in [2.24, 2.45) is 0 Å². The summed E-state index contributed by atoms with van der Waals surface area (Å²) in [5.74, 6) is 0. The van der Waals surface area contributed by atoms with Crippen LogP contribution in [-0.4, -0.2) is 17.4 Å². The minimum absolute atomic E-state index is 0.210. The van der Waals surface area contributed by atoms with Gasteiger partial charge in [-0.1, -0.05) is 18.2 Å². The lowest BCUT2D eigenvalue weighted by molar-refractivity contribution is 0.588. The molecule has 1 aromatic carbocycles. The molecule has 0 atom stereocenters. The molecule has 0 saturated heterocycles. The zero-order chi connectivity index (χ0) is 14.3. The summed E-state index contributed by atoms with van der Waals surface area (Å²) in [5, 5.41) is 0. The summed E-state index contributed by atoms with van der Waals surface area (Å²) < 4.78 is 27.1. The summed E-state index contributed by atoms with van der Waals surface area (Å²) in [6.45, 7) is 0. The number of pyridine rings is 1. The van der Waals surface area contributed by atoms with Crippen LogP contribution < -0.4 is 5.56 Å². The van der Waals surface area contributed by atoms with Crippen LogP contribution in [-0.2, 0) is 10.0 Å². The molecule has 0 spiro atoms. The molecule has 1 N–H and O–H groups in total. The van der Waals surface area contributed by atoms with Gasteiger partial charge in [0.15, 0.2) is 0 Å². The highest BCUT2D eigenvalue weighted by Gasteiger charge is 2.21. The van der Waals surface area contributed by atoms with Crippen LogP contribution in [0.3, 0.4) is 0 Å².